The van der Waals surface area contributed by atoms with Crippen molar-refractivity contribution in [3.05, 3.63) is 95.1 Å². The predicted octanol–water partition coefficient (Wildman–Crippen LogP) is 6.14. The first kappa shape index (κ1) is 24.0. The summed E-state index contributed by atoms with van der Waals surface area (Å²) in [5.41, 5.74) is 2.32. The molecule has 0 saturated heterocycles. The maximum absolute atomic E-state index is 13.3. The molecule has 1 amide bonds. The van der Waals surface area contributed by atoms with Crippen molar-refractivity contribution in [2.75, 3.05) is 0 Å². The number of carbonyl (C=O) groups excluding carboxylic acids is 1. The van der Waals surface area contributed by atoms with Crippen LogP contribution in [0.2, 0.25) is 0 Å². The molecule has 1 N–H and O–H groups in total. The summed E-state index contributed by atoms with van der Waals surface area (Å²) in [4.78, 5) is 13.3. The molecule has 0 aliphatic carbocycles. The highest BCUT2D eigenvalue weighted by molar-refractivity contribution is 6.10. The monoisotopic (exact) mass is 467 g/mol. The Balaban J connectivity index is 1.96. The van der Waals surface area contributed by atoms with Gasteiger partial charge in [0.15, 0.2) is 11.8 Å². The largest absolute Gasteiger partial charge is 0.345 e. The van der Waals surface area contributed by atoms with Crippen molar-refractivity contribution in [3.8, 4) is 24.3 Å². The van der Waals surface area contributed by atoms with E-state index in [1.165, 1.54) is 0 Å². The third-order valence-electron chi connectivity index (χ3n) is 6.38. The lowest BCUT2D eigenvalue weighted by Crippen LogP contribution is -2.28. The van der Waals surface area contributed by atoms with Crippen LogP contribution < -0.4 is 5.32 Å². The van der Waals surface area contributed by atoms with E-state index in [1.807, 2.05) is 61.5 Å². The maximum Gasteiger partial charge on any atom is 0.251 e. The average Bonchev–Trinajstić information content (AvgIpc) is 2.93. The van der Waals surface area contributed by atoms with E-state index < -0.39 is 11.8 Å². The van der Waals surface area contributed by atoms with Crippen molar-refractivity contribution >= 4 is 27.5 Å². The van der Waals surface area contributed by atoms with Gasteiger partial charge in [0.05, 0.1) is 30.3 Å². The van der Waals surface area contributed by atoms with E-state index in [4.69, 9.17) is 0 Å². The predicted molar refractivity (Wildman–Crippen MR) is 136 cm³/mol. The third-order valence-corrected chi connectivity index (χ3v) is 6.38. The van der Waals surface area contributed by atoms with Crippen molar-refractivity contribution < 1.29 is 4.79 Å². The second-order valence-electron chi connectivity index (χ2n) is 8.36. The molecule has 6 heteroatoms. The van der Waals surface area contributed by atoms with E-state index in [2.05, 4.69) is 5.32 Å². The van der Waals surface area contributed by atoms with Gasteiger partial charge in [0.25, 0.3) is 5.91 Å². The Bertz CT molecular complexity index is 1600. The Morgan fingerprint density at radius 1 is 0.722 bits per heavy atom. The summed E-state index contributed by atoms with van der Waals surface area (Å²) in [6, 6.07) is 29.8. The SMILES string of the molecule is CC[C@@H](NC(=O)c1ccc2c(C(C#N)C#N)c3ccccc3c(C(C#N)C#N)c2c1)c1ccccc1. The number of hydrogen-bond acceptors (Lipinski definition) is 5. The van der Waals surface area contributed by atoms with Gasteiger partial charge in [-0.3, -0.25) is 4.79 Å². The van der Waals surface area contributed by atoms with Gasteiger partial charge >= 0.3 is 0 Å². The maximum atomic E-state index is 13.3. The Morgan fingerprint density at radius 2 is 1.22 bits per heavy atom. The third kappa shape index (κ3) is 4.21. The summed E-state index contributed by atoms with van der Waals surface area (Å²) in [7, 11) is 0. The average molecular weight is 468 g/mol. The molecule has 0 spiro atoms. The van der Waals surface area contributed by atoms with Crippen LogP contribution in [0.15, 0.2) is 72.8 Å². The molecule has 0 aliphatic heterocycles. The quantitative estimate of drug-likeness (QED) is 0.341. The van der Waals surface area contributed by atoms with Crippen LogP contribution >= 0.6 is 0 Å². The minimum absolute atomic E-state index is 0.187. The van der Waals surface area contributed by atoms with Gasteiger partial charge in [-0.25, -0.2) is 0 Å². The zero-order valence-electron chi connectivity index (χ0n) is 19.6. The highest BCUT2D eigenvalue weighted by Gasteiger charge is 2.25. The first-order chi connectivity index (χ1) is 17.6. The molecule has 0 bridgehead atoms. The van der Waals surface area contributed by atoms with Crippen molar-refractivity contribution in [3.63, 3.8) is 0 Å². The smallest absolute Gasteiger partial charge is 0.251 e. The molecule has 0 unspecified atom stereocenters. The lowest BCUT2D eigenvalue weighted by atomic mass is 9.82. The van der Waals surface area contributed by atoms with Gasteiger partial charge in [0, 0.05) is 5.56 Å². The molecule has 0 heterocycles. The van der Waals surface area contributed by atoms with Crippen molar-refractivity contribution in [2.45, 2.75) is 31.2 Å². The summed E-state index contributed by atoms with van der Waals surface area (Å²) in [5.74, 6) is -2.45. The summed E-state index contributed by atoms with van der Waals surface area (Å²) >= 11 is 0. The zero-order valence-corrected chi connectivity index (χ0v) is 19.6. The van der Waals surface area contributed by atoms with Crippen LogP contribution in [0.1, 0.15) is 58.3 Å². The molecular formula is C30H21N5O. The number of benzene rings is 4. The van der Waals surface area contributed by atoms with Crippen LogP contribution in [0.25, 0.3) is 21.5 Å². The van der Waals surface area contributed by atoms with Gasteiger partial charge in [-0.1, -0.05) is 67.6 Å². The lowest BCUT2D eigenvalue weighted by Gasteiger charge is -2.20. The van der Waals surface area contributed by atoms with E-state index in [1.54, 1.807) is 42.5 Å². The summed E-state index contributed by atoms with van der Waals surface area (Å²) in [6.07, 6.45) is 0.695. The van der Waals surface area contributed by atoms with E-state index >= 15 is 0 Å². The first-order valence-corrected chi connectivity index (χ1v) is 11.5. The minimum Gasteiger partial charge on any atom is -0.345 e. The van der Waals surface area contributed by atoms with Crippen molar-refractivity contribution in [1.82, 2.24) is 5.32 Å². The van der Waals surface area contributed by atoms with Crippen LogP contribution in [0, 0.1) is 45.3 Å². The molecule has 172 valence electrons. The summed E-state index contributed by atoms with van der Waals surface area (Å²) in [6.45, 7) is 1.99. The Morgan fingerprint density at radius 3 is 1.75 bits per heavy atom. The topological polar surface area (TPSA) is 124 Å². The summed E-state index contributed by atoms with van der Waals surface area (Å²) in [5, 5.41) is 44.3. The van der Waals surface area contributed by atoms with Gasteiger partial charge in [0.2, 0.25) is 0 Å². The fourth-order valence-corrected chi connectivity index (χ4v) is 4.67. The van der Waals surface area contributed by atoms with Crippen LogP contribution in [0.5, 0.6) is 0 Å². The van der Waals surface area contributed by atoms with Gasteiger partial charge < -0.3 is 5.32 Å². The van der Waals surface area contributed by atoms with E-state index in [0.29, 0.717) is 44.7 Å². The second-order valence-corrected chi connectivity index (χ2v) is 8.36. The molecule has 36 heavy (non-hydrogen) atoms. The number of rotatable bonds is 6. The van der Waals surface area contributed by atoms with Crippen LogP contribution in [0.4, 0.5) is 0 Å². The number of nitriles is 4. The molecule has 1 atom stereocenters. The highest BCUT2D eigenvalue weighted by Crippen LogP contribution is 2.40. The highest BCUT2D eigenvalue weighted by atomic mass is 16.1. The number of hydrogen-bond donors (Lipinski definition) is 1. The molecule has 0 fully saturated rings. The molecule has 0 saturated carbocycles. The Labute approximate surface area is 209 Å². The van der Waals surface area contributed by atoms with E-state index in [9.17, 15) is 25.8 Å². The second kappa shape index (κ2) is 10.4. The molecule has 4 aromatic rings. The van der Waals surface area contributed by atoms with Gasteiger partial charge in [-0.15, -0.1) is 0 Å². The molecular weight excluding hydrogens is 446 g/mol. The first-order valence-electron chi connectivity index (χ1n) is 11.5. The number of nitrogens with zero attached hydrogens (tertiary/aromatic N) is 4. The number of nitrogens with one attached hydrogen (secondary N) is 1. The fourth-order valence-electron chi connectivity index (χ4n) is 4.67. The fraction of sp³-hybridized carbons (Fsp3) is 0.167. The molecule has 6 nitrogen and oxygen atoms in total. The number of carbonyl (C=O) groups is 1. The molecule has 0 aromatic heterocycles. The van der Waals surface area contributed by atoms with Crippen LogP contribution in [0.3, 0.4) is 0 Å². The molecule has 4 rings (SSSR count). The normalized spacial score (nSPS) is 11.4. The minimum atomic E-state index is -1.10. The van der Waals surface area contributed by atoms with Gasteiger partial charge in [-0.05, 0) is 56.8 Å². The van der Waals surface area contributed by atoms with Crippen molar-refractivity contribution in [1.29, 1.82) is 21.0 Å². The van der Waals surface area contributed by atoms with Gasteiger partial charge in [-0.2, -0.15) is 21.0 Å². The van der Waals surface area contributed by atoms with Gasteiger partial charge in [0.1, 0.15) is 0 Å². The number of fused-ring (bicyclic) bond motifs is 2. The number of amides is 1. The molecule has 0 aliphatic rings. The molecule has 4 aromatic carbocycles. The van der Waals surface area contributed by atoms with Crippen molar-refractivity contribution in [2.24, 2.45) is 0 Å². The van der Waals surface area contributed by atoms with Crippen LogP contribution in [-0.4, -0.2) is 5.91 Å². The Hall–Kier alpha value is -5.17. The molecule has 0 radical (unpaired) electrons. The van der Waals surface area contributed by atoms with E-state index in [-0.39, 0.29) is 11.9 Å². The lowest BCUT2D eigenvalue weighted by molar-refractivity contribution is 0.0935. The standard InChI is InChI=1S/C30H21N5O/c1-2-27(19-8-4-3-5-9-19)35-30(36)20-12-13-25-26(14-20)29(22(17-33)18-34)24-11-7-6-10-23(24)28(25)21(15-31)16-32/h3-14,21-22,27H,2H2,1H3,(H,35,36)/t27-/m1/s1. The van der Waals surface area contributed by atoms with E-state index in [0.717, 1.165) is 5.56 Å². The Kier molecular flexibility index (Phi) is 6.92. The zero-order chi connectivity index (χ0) is 25.7. The van der Waals surface area contributed by atoms with Crippen LogP contribution in [-0.2, 0) is 0 Å². The summed E-state index contributed by atoms with van der Waals surface area (Å²) < 4.78 is 0.